The van der Waals surface area contributed by atoms with Gasteiger partial charge in [-0.05, 0) is 35.4 Å². The summed E-state index contributed by atoms with van der Waals surface area (Å²) in [6.45, 7) is -0.350. The number of nitroso groups, excluding NO2 is 1. The Bertz CT molecular complexity index is 812. The lowest BCUT2D eigenvalue weighted by Gasteiger charge is -2.11. The summed E-state index contributed by atoms with van der Waals surface area (Å²) in [6.07, 6.45) is 1.23. The van der Waals surface area contributed by atoms with Crippen LogP contribution in [0, 0.1) is 4.91 Å². The highest BCUT2D eigenvalue weighted by Crippen LogP contribution is 2.19. The number of benzene rings is 2. The van der Waals surface area contributed by atoms with Gasteiger partial charge in [0.15, 0.2) is 6.61 Å². The van der Waals surface area contributed by atoms with Crippen molar-refractivity contribution >= 4 is 12.1 Å². The van der Waals surface area contributed by atoms with E-state index in [1.54, 1.807) is 30.3 Å². The summed E-state index contributed by atoms with van der Waals surface area (Å²) in [6, 6.07) is 10.8. The summed E-state index contributed by atoms with van der Waals surface area (Å²) in [5, 5.41) is 27.1. The summed E-state index contributed by atoms with van der Waals surface area (Å²) in [4.78, 5) is 21.8. The van der Waals surface area contributed by atoms with Crippen LogP contribution in [0.1, 0.15) is 11.1 Å². The fourth-order valence-electron chi connectivity index (χ4n) is 1.99. The van der Waals surface area contributed by atoms with Crippen molar-refractivity contribution in [3.63, 3.8) is 0 Å². The number of methoxy groups -OCH3 is 1. The molecule has 150 valence electrons. The predicted octanol–water partition coefficient (Wildman–Crippen LogP) is 1.55. The standard InChI is InChI=1S/C17H18N4O6.H3N/c1-26-15-7-4-13(16(22)8-15)9-18-19-17(23)11-27-14-5-2-12(3-6-14)10-21(25)20-24;/h2-9,22,25H,10-11H2,1H3,(H,19,23);1H3/b18-9+;. The molecule has 0 heterocycles. The van der Waals surface area contributed by atoms with Crippen LogP contribution in [-0.2, 0) is 11.3 Å². The number of carbonyl (C=O) groups excluding carboxylic acids is 1. The molecule has 0 aromatic heterocycles. The zero-order valence-electron chi connectivity index (χ0n) is 15.4. The van der Waals surface area contributed by atoms with Gasteiger partial charge in [-0.2, -0.15) is 5.10 Å². The Morgan fingerprint density at radius 2 is 1.93 bits per heavy atom. The first-order valence-electron chi connectivity index (χ1n) is 7.70. The van der Waals surface area contributed by atoms with Crippen molar-refractivity contribution < 1.29 is 24.6 Å². The van der Waals surface area contributed by atoms with E-state index < -0.39 is 5.91 Å². The lowest BCUT2D eigenvalue weighted by Crippen LogP contribution is -2.24. The van der Waals surface area contributed by atoms with E-state index in [1.165, 1.54) is 25.5 Å². The second kappa shape index (κ2) is 11.1. The van der Waals surface area contributed by atoms with Crippen LogP contribution in [0.15, 0.2) is 52.9 Å². The fourth-order valence-corrected chi connectivity index (χ4v) is 1.99. The number of hydrazone groups is 1. The first-order valence-corrected chi connectivity index (χ1v) is 7.70. The Morgan fingerprint density at radius 3 is 2.54 bits per heavy atom. The molecule has 0 saturated heterocycles. The molecule has 0 aliphatic heterocycles. The molecule has 0 aliphatic rings. The molecule has 0 atom stereocenters. The topological polar surface area (TPSA) is 172 Å². The number of hydroxylamine groups is 1. The zero-order valence-corrected chi connectivity index (χ0v) is 15.4. The normalized spacial score (nSPS) is 10.1. The first-order chi connectivity index (χ1) is 13.0. The quantitative estimate of drug-likeness (QED) is 0.330. The number of nitrogens with zero attached hydrogens (tertiary/aromatic N) is 3. The van der Waals surface area contributed by atoms with Crippen molar-refractivity contribution in [2.75, 3.05) is 13.7 Å². The first kappa shape index (κ1) is 22.3. The summed E-state index contributed by atoms with van der Waals surface area (Å²) in [5.41, 5.74) is 3.18. The highest BCUT2D eigenvalue weighted by Gasteiger charge is 2.04. The fraction of sp³-hybridized carbons (Fsp3) is 0.176. The van der Waals surface area contributed by atoms with Crippen molar-refractivity contribution in [3.8, 4) is 17.2 Å². The molecule has 6 N–H and O–H groups in total. The molecule has 0 saturated carbocycles. The van der Waals surface area contributed by atoms with E-state index in [9.17, 15) is 14.8 Å². The summed E-state index contributed by atoms with van der Waals surface area (Å²) in [5.74, 6) is 0.0611. The van der Waals surface area contributed by atoms with Gasteiger partial charge in [0.25, 0.3) is 5.91 Å². The van der Waals surface area contributed by atoms with Crippen LogP contribution in [0.4, 0.5) is 0 Å². The van der Waals surface area contributed by atoms with Gasteiger partial charge in [0.05, 0.1) is 25.2 Å². The van der Waals surface area contributed by atoms with E-state index in [0.29, 0.717) is 22.6 Å². The van der Waals surface area contributed by atoms with Gasteiger partial charge in [-0.15, -0.1) is 10.1 Å². The minimum absolute atomic E-state index is 0. The third kappa shape index (κ3) is 6.90. The Kier molecular flexibility index (Phi) is 8.86. The third-order valence-corrected chi connectivity index (χ3v) is 3.33. The molecule has 0 radical (unpaired) electrons. The van der Waals surface area contributed by atoms with Crippen molar-refractivity contribution in [1.29, 1.82) is 0 Å². The highest BCUT2D eigenvalue weighted by molar-refractivity contribution is 5.85. The minimum atomic E-state index is -0.511. The summed E-state index contributed by atoms with van der Waals surface area (Å²) in [7, 11) is 1.46. The van der Waals surface area contributed by atoms with Gasteiger partial charge in [-0.3, -0.25) is 10.0 Å². The van der Waals surface area contributed by atoms with E-state index >= 15 is 0 Å². The Labute approximate surface area is 160 Å². The lowest BCUT2D eigenvalue weighted by molar-refractivity contribution is -0.268. The predicted molar refractivity (Wildman–Crippen MR) is 99.2 cm³/mol. The van der Waals surface area contributed by atoms with Crippen LogP contribution >= 0.6 is 0 Å². The largest absolute Gasteiger partial charge is 0.872 e. The van der Waals surface area contributed by atoms with E-state index in [0.717, 1.165) is 0 Å². The zero-order chi connectivity index (χ0) is 19.6. The second-order valence-corrected chi connectivity index (χ2v) is 5.24. The number of hydrogen-bond donors (Lipinski definition) is 3. The molecule has 0 bridgehead atoms. The van der Waals surface area contributed by atoms with Gasteiger partial charge in [0, 0.05) is 0 Å². The van der Waals surface area contributed by atoms with Gasteiger partial charge >= 0.3 is 0 Å². The van der Waals surface area contributed by atoms with Crippen molar-refractivity contribution in [1.82, 2.24) is 16.7 Å². The molecule has 11 heteroatoms. The molecular weight excluding hydrogens is 370 g/mol. The minimum Gasteiger partial charge on any atom is -0.872 e. The molecule has 0 aliphatic carbocycles. The van der Waals surface area contributed by atoms with Crippen LogP contribution in [-0.4, -0.2) is 36.2 Å². The van der Waals surface area contributed by atoms with Crippen molar-refractivity contribution in [2.24, 2.45) is 10.4 Å². The number of hydrogen-bond acceptors (Lipinski definition) is 8. The van der Waals surface area contributed by atoms with Crippen LogP contribution < -0.4 is 26.2 Å². The van der Waals surface area contributed by atoms with Crippen molar-refractivity contribution in [3.05, 3.63) is 58.5 Å². The lowest BCUT2D eigenvalue weighted by atomic mass is 10.2. The molecule has 0 spiro atoms. The van der Waals surface area contributed by atoms with Gasteiger partial charge in [-0.1, -0.05) is 23.9 Å². The van der Waals surface area contributed by atoms with Crippen LogP contribution in [0.5, 0.6) is 17.2 Å². The molecule has 0 fully saturated rings. The third-order valence-electron chi connectivity index (χ3n) is 3.33. The number of quaternary nitrogens is 1. The maximum absolute atomic E-state index is 11.7. The van der Waals surface area contributed by atoms with E-state index in [-0.39, 0.29) is 30.2 Å². The Balaban J connectivity index is 0.00000392. The molecule has 1 amide bonds. The SMILES string of the molecule is COc1ccc(/C=N/NC(=O)COc2ccc(CN(O)N=O)cc2)c([O-])c1.[NH4+]. The number of amides is 1. The monoisotopic (exact) mass is 391 g/mol. The molecule has 2 rings (SSSR count). The molecular formula is C17H21N5O6. The van der Waals surface area contributed by atoms with Gasteiger partial charge in [-0.25, -0.2) is 5.43 Å². The van der Waals surface area contributed by atoms with Gasteiger partial charge in [0.1, 0.15) is 11.5 Å². The van der Waals surface area contributed by atoms with Gasteiger partial charge in [0.2, 0.25) is 0 Å². The van der Waals surface area contributed by atoms with E-state index in [1.807, 2.05) is 0 Å². The van der Waals surface area contributed by atoms with E-state index in [4.69, 9.17) is 14.7 Å². The number of carbonyl (C=O) groups is 1. The van der Waals surface area contributed by atoms with Crippen molar-refractivity contribution in [2.45, 2.75) is 6.54 Å². The molecule has 0 unspecified atom stereocenters. The maximum Gasteiger partial charge on any atom is 0.277 e. The van der Waals surface area contributed by atoms with Crippen LogP contribution in [0.3, 0.4) is 0 Å². The van der Waals surface area contributed by atoms with Gasteiger partial charge < -0.3 is 20.7 Å². The maximum atomic E-state index is 11.7. The molecule has 11 nitrogen and oxygen atoms in total. The number of rotatable bonds is 9. The summed E-state index contributed by atoms with van der Waals surface area (Å²) < 4.78 is 10.2. The smallest absolute Gasteiger partial charge is 0.277 e. The highest BCUT2D eigenvalue weighted by atomic mass is 16.6. The average molecular weight is 391 g/mol. The number of nitrogens with one attached hydrogen (secondary N) is 1. The molecule has 28 heavy (non-hydrogen) atoms. The average Bonchev–Trinajstić information content (AvgIpc) is 2.68. The van der Waals surface area contributed by atoms with E-state index in [2.05, 4.69) is 15.8 Å². The molecule has 2 aromatic carbocycles. The van der Waals surface area contributed by atoms with Crippen LogP contribution in [0.2, 0.25) is 0 Å². The Hall–Kier alpha value is -3.70. The van der Waals surface area contributed by atoms with Crippen LogP contribution in [0.25, 0.3) is 0 Å². The summed E-state index contributed by atoms with van der Waals surface area (Å²) >= 11 is 0. The Morgan fingerprint density at radius 1 is 1.25 bits per heavy atom. The number of ether oxygens (including phenoxy) is 2. The second-order valence-electron chi connectivity index (χ2n) is 5.24. The molecule has 2 aromatic rings.